The summed E-state index contributed by atoms with van der Waals surface area (Å²) in [7, 11) is 4.48. The fourth-order valence-corrected chi connectivity index (χ4v) is 6.00. The number of halogens is 1. The van der Waals surface area contributed by atoms with E-state index in [2.05, 4.69) is 5.32 Å². The zero-order valence-corrected chi connectivity index (χ0v) is 25.7. The molecule has 12 heteroatoms. The highest BCUT2D eigenvalue weighted by Crippen LogP contribution is 2.49. The van der Waals surface area contributed by atoms with Gasteiger partial charge in [0.25, 0.3) is 5.91 Å². The van der Waals surface area contributed by atoms with Crippen LogP contribution >= 0.6 is 11.6 Å². The van der Waals surface area contributed by atoms with Crippen molar-refractivity contribution in [1.29, 1.82) is 0 Å². The Bertz CT molecular complexity index is 1300. The first kappa shape index (κ1) is 31.8. The molecule has 4 rings (SSSR count). The molecule has 11 nitrogen and oxygen atoms in total. The molecular formula is C30H39ClN2O9. The lowest BCUT2D eigenvalue weighted by molar-refractivity contribution is -0.158. The van der Waals surface area contributed by atoms with Gasteiger partial charge in [0.1, 0.15) is 28.6 Å². The fraction of sp³-hybridized carbons (Fsp3) is 0.567. The molecule has 2 saturated heterocycles. The smallest absolute Gasteiger partial charge is 0.409 e. The Morgan fingerprint density at radius 1 is 1.29 bits per heavy atom. The third-order valence-electron chi connectivity index (χ3n) is 8.19. The summed E-state index contributed by atoms with van der Waals surface area (Å²) in [5, 5.41) is 14.2. The number of likely N-dealkylation sites (N-methyl/N-ethyl adjacent to an activating group) is 1. The number of amides is 2. The summed E-state index contributed by atoms with van der Waals surface area (Å²) in [6.45, 7) is 7.02. The number of carbonyl (C=O) groups excluding carboxylic acids is 3. The molecule has 0 aromatic heterocycles. The first-order chi connectivity index (χ1) is 19.8. The molecule has 0 spiro atoms. The van der Waals surface area contributed by atoms with Crippen LogP contribution in [-0.2, 0) is 35.0 Å². The average Bonchev–Trinajstić information content (AvgIpc) is 3.64. The summed E-state index contributed by atoms with van der Waals surface area (Å²) in [5.74, 6) is -1.25. The van der Waals surface area contributed by atoms with Gasteiger partial charge in [-0.15, -0.1) is 0 Å². The van der Waals surface area contributed by atoms with Crippen LogP contribution in [0.4, 0.5) is 10.5 Å². The van der Waals surface area contributed by atoms with E-state index >= 15 is 0 Å². The monoisotopic (exact) mass is 606 g/mol. The normalized spacial score (nSPS) is 35.3. The Hall–Kier alpha value is -3.12. The van der Waals surface area contributed by atoms with Crippen LogP contribution in [0.1, 0.15) is 46.1 Å². The number of rotatable bonds is 4. The summed E-state index contributed by atoms with van der Waals surface area (Å²) in [6.07, 6.45) is 1.29. The molecule has 42 heavy (non-hydrogen) atoms. The molecule has 0 unspecified atom stereocenters. The van der Waals surface area contributed by atoms with Crippen LogP contribution < -0.4 is 15.0 Å². The number of alkyl carbamates (subject to hydrolysis) is 1. The van der Waals surface area contributed by atoms with Gasteiger partial charge in [0.15, 0.2) is 5.72 Å². The van der Waals surface area contributed by atoms with Crippen molar-refractivity contribution in [3.63, 3.8) is 0 Å². The zero-order valence-electron chi connectivity index (χ0n) is 24.9. The van der Waals surface area contributed by atoms with E-state index in [1.54, 1.807) is 52.1 Å². The zero-order chi connectivity index (χ0) is 31.0. The van der Waals surface area contributed by atoms with Crippen molar-refractivity contribution in [2.24, 2.45) is 5.92 Å². The van der Waals surface area contributed by atoms with Gasteiger partial charge in [0, 0.05) is 32.9 Å². The highest BCUT2D eigenvalue weighted by Gasteiger charge is 2.66. The maximum Gasteiger partial charge on any atom is 0.409 e. The molecule has 0 radical (unpaired) electrons. The topological polar surface area (TPSA) is 136 Å². The van der Waals surface area contributed by atoms with Gasteiger partial charge in [-0.3, -0.25) is 14.9 Å². The average molecular weight is 607 g/mol. The lowest BCUT2D eigenvalue weighted by atomic mass is 9.84. The van der Waals surface area contributed by atoms with Crippen LogP contribution in [-0.4, -0.2) is 80.1 Å². The second-order valence-electron chi connectivity index (χ2n) is 11.3. The number of allylic oxidation sites excluding steroid dienone is 3. The third-order valence-corrected chi connectivity index (χ3v) is 8.57. The minimum Gasteiger partial charge on any atom is -0.495 e. The van der Waals surface area contributed by atoms with E-state index < -0.39 is 59.6 Å². The number of ether oxygens (including phenoxy) is 5. The van der Waals surface area contributed by atoms with E-state index in [1.165, 1.54) is 19.1 Å². The van der Waals surface area contributed by atoms with Crippen molar-refractivity contribution in [3.8, 4) is 5.75 Å². The van der Waals surface area contributed by atoms with Crippen LogP contribution in [0.15, 0.2) is 35.9 Å². The molecule has 3 heterocycles. The van der Waals surface area contributed by atoms with Crippen LogP contribution in [0.5, 0.6) is 5.75 Å². The van der Waals surface area contributed by atoms with E-state index in [0.29, 0.717) is 17.9 Å². The Morgan fingerprint density at radius 3 is 2.64 bits per heavy atom. The quantitative estimate of drug-likeness (QED) is 0.388. The molecule has 230 valence electrons. The van der Waals surface area contributed by atoms with Crippen LogP contribution in [0.25, 0.3) is 0 Å². The van der Waals surface area contributed by atoms with Crippen LogP contribution in [0, 0.1) is 5.92 Å². The lowest BCUT2D eigenvalue weighted by Gasteiger charge is -2.42. The molecule has 3 aliphatic heterocycles. The molecule has 2 N–H and O–H groups in total. The fourth-order valence-electron chi connectivity index (χ4n) is 5.69. The largest absolute Gasteiger partial charge is 0.495 e. The molecular weight excluding hydrogens is 568 g/mol. The van der Waals surface area contributed by atoms with Gasteiger partial charge in [-0.2, -0.15) is 0 Å². The van der Waals surface area contributed by atoms with Crippen molar-refractivity contribution in [2.75, 3.05) is 26.2 Å². The molecule has 4 bridgehead atoms. The number of esters is 1. The number of fused-ring (bicyclic) bond motifs is 5. The number of aliphatic hydroxyl groups is 1. The van der Waals surface area contributed by atoms with Crippen molar-refractivity contribution in [2.45, 2.75) is 82.7 Å². The summed E-state index contributed by atoms with van der Waals surface area (Å²) in [4.78, 5) is 40.5. The third kappa shape index (κ3) is 6.15. The van der Waals surface area contributed by atoms with Gasteiger partial charge in [-0.05, 0) is 38.0 Å². The van der Waals surface area contributed by atoms with E-state index in [4.69, 9.17) is 35.3 Å². The molecule has 0 aliphatic carbocycles. The van der Waals surface area contributed by atoms with Gasteiger partial charge in [-0.1, -0.05) is 49.2 Å². The van der Waals surface area contributed by atoms with Crippen molar-refractivity contribution >= 4 is 35.3 Å². The van der Waals surface area contributed by atoms with Gasteiger partial charge >= 0.3 is 12.1 Å². The number of epoxide rings is 1. The van der Waals surface area contributed by atoms with Gasteiger partial charge in [0.2, 0.25) is 6.10 Å². The van der Waals surface area contributed by atoms with Crippen molar-refractivity contribution < 1.29 is 43.2 Å². The molecule has 2 fully saturated rings. The Morgan fingerprint density at radius 2 is 2.00 bits per heavy atom. The van der Waals surface area contributed by atoms with Crippen molar-refractivity contribution in [1.82, 2.24) is 5.32 Å². The Labute approximate surface area is 250 Å². The molecule has 1 aromatic rings. The second-order valence-corrected chi connectivity index (χ2v) is 11.6. The van der Waals surface area contributed by atoms with E-state index in [0.717, 1.165) is 11.1 Å². The SMILES string of the molecule is CCC(=O)O[C@H]1C(=O)N(C)c2cc(cc(OC)c2Cl)C/C(C)=C/C=C/[C@@H](OC)[C@@]2(O)C[C@H](OC(=O)N2)[C@@H](C)[C@@H]2O[C@]12C. The number of hydrogen-bond acceptors (Lipinski definition) is 9. The van der Waals surface area contributed by atoms with Crippen LogP contribution in [0.3, 0.4) is 0 Å². The number of hydrogen-bond donors (Lipinski definition) is 2. The number of benzene rings is 1. The summed E-state index contributed by atoms with van der Waals surface area (Å²) >= 11 is 6.68. The summed E-state index contributed by atoms with van der Waals surface area (Å²) in [6, 6.07) is 3.58. The van der Waals surface area contributed by atoms with E-state index in [1.807, 2.05) is 13.0 Å². The minimum atomic E-state index is -1.78. The maximum atomic E-state index is 14.1. The summed E-state index contributed by atoms with van der Waals surface area (Å²) < 4.78 is 28.4. The Balaban J connectivity index is 1.84. The number of nitrogens with one attached hydrogen (secondary N) is 1. The highest BCUT2D eigenvalue weighted by atomic mass is 35.5. The van der Waals surface area contributed by atoms with Crippen LogP contribution in [0.2, 0.25) is 5.02 Å². The minimum absolute atomic E-state index is 0.0192. The molecule has 1 aromatic carbocycles. The second kappa shape index (κ2) is 12.2. The molecule has 7 atom stereocenters. The maximum absolute atomic E-state index is 14.1. The van der Waals surface area contributed by atoms with Crippen molar-refractivity contribution in [3.05, 3.63) is 46.5 Å². The number of nitrogens with zero attached hydrogens (tertiary/aromatic N) is 1. The standard InChI is InChI=1S/C30H39ClN2O9/c1-8-23(34)41-26-27(35)33(5)19-13-18(14-20(38-6)24(19)31)12-16(2)10-9-11-22(39-7)30(37)15-21(40-28(36)32-30)17(3)25-29(26,4)42-25/h9-11,13-14,17,21-22,25-26,37H,8,12,15H2,1-7H3,(H,32,36)/b11-9+,16-10+/t17-,21+,22-,25+,26+,29+,30+/m1/s1. The molecule has 2 amide bonds. The number of anilines is 1. The predicted octanol–water partition coefficient (Wildman–Crippen LogP) is 3.69. The number of carbonyl (C=O) groups is 3. The lowest BCUT2D eigenvalue weighted by Crippen LogP contribution is -2.63. The van der Waals surface area contributed by atoms with Gasteiger partial charge < -0.3 is 33.7 Å². The first-order valence-corrected chi connectivity index (χ1v) is 14.2. The summed E-state index contributed by atoms with van der Waals surface area (Å²) in [5.41, 5.74) is -0.885. The Kier molecular flexibility index (Phi) is 9.27. The van der Waals surface area contributed by atoms with Gasteiger partial charge in [0.05, 0.1) is 18.9 Å². The van der Waals surface area contributed by atoms with Gasteiger partial charge in [-0.25, -0.2) is 4.79 Å². The number of methoxy groups -OCH3 is 2. The molecule has 0 saturated carbocycles. The predicted molar refractivity (Wildman–Crippen MR) is 154 cm³/mol. The van der Waals surface area contributed by atoms with E-state index in [-0.39, 0.29) is 17.9 Å². The van der Waals surface area contributed by atoms with E-state index in [9.17, 15) is 19.5 Å². The highest BCUT2D eigenvalue weighted by molar-refractivity contribution is 6.35. The molecule has 3 aliphatic rings. The first-order valence-electron chi connectivity index (χ1n) is 13.9.